The van der Waals surface area contributed by atoms with Crippen LogP contribution in [0.3, 0.4) is 0 Å². The average molecular weight is 912 g/mol. The molecule has 0 aromatic heterocycles. The molecule has 0 heterocycles. The zero-order valence-electron chi connectivity index (χ0n) is 26.4. The van der Waals surface area contributed by atoms with Crippen LogP contribution < -0.4 is 5.73 Å². The van der Waals surface area contributed by atoms with Crippen molar-refractivity contribution in [3.05, 3.63) is 34.0 Å². The second-order valence-electron chi connectivity index (χ2n) is 15.2. The van der Waals surface area contributed by atoms with Gasteiger partial charge in [0.15, 0.2) is 0 Å². The number of fused-ring (bicyclic) bond motifs is 5. The van der Waals surface area contributed by atoms with Crippen molar-refractivity contribution in [1.29, 1.82) is 0 Å². The quantitative estimate of drug-likeness (QED) is 0.116. The number of carbonyl (C=O) groups is 1. The number of nitrogens with two attached hydrogens (primary N) is 1. The fourth-order valence-electron chi connectivity index (χ4n) is 10.1. The smallest absolute Gasteiger partial charge is 0.306 e. The van der Waals surface area contributed by atoms with Crippen LogP contribution in [0.15, 0.2) is 17.7 Å². The fourth-order valence-corrected chi connectivity index (χ4v) is 14.0. The number of nitrogen functional groups attached to an aromatic ring is 1. The first-order valence-corrected chi connectivity index (χ1v) is 19.9. The first kappa shape index (κ1) is 33.8. The highest BCUT2D eigenvalue weighted by molar-refractivity contribution is 14.1. The molecule has 234 valence electrons. The van der Waals surface area contributed by atoms with Crippen LogP contribution in [0.25, 0.3) is 0 Å². The van der Waals surface area contributed by atoms with E-state index in [1.807, 2.05) is 0 Å². The number of esters is 1. The topological polar surface area (TPSA) is 52.3 Å². The molecular formula is C36H52I3NO2. The SMILES string of the molecule is CC(C)CCC[C@@H](C)[C@H]1CC[C@H]2[C@@H]3CC=C4C[C@@H](OC(=O)CCc5c(I)cc(I)c(N)c5I)CC[C@]4(C)[C@H]3CC[C@]12C. The number of hydrogen-bond donors (Lipinski definition) is 1. The van der Waals surface area contributed by atoms with Crippen LogP contribution in [0, 0.1) is 57.0 Å². The molecule has 0 bridgehead atoms. The van der Waals surface area contributed by atoms with Gasteiger partial charge in [-0.15, -0.1) is 0 Å². The molecule has 5 rings (SSSR count). The number of anilines is 1. The van der Waals surface area contributed by atoms with Crippen LogP contribution in [0.5, 0.6) is 0 Å². The number of rotatable bonds is 9. The summed E-state index contributed by atoms with van der Waals surface area (Å²) in [4.78, 5) is 13.0. The van der Waals surface area contributed by atoms with Crippen molar-refractivity contribution in [2.24, 2.45) is 46.3 Å². The Morgan fingerprint density at radius 1 is 1.02 bits per heavy atom. The maximum Gasteiger partial charge on any atom is 0.306 e. The van der Waals surface area contributed by atoms with Crippen LogP contribution in [0.4, 0.5) is 5.69 Å². The van der Waals surface area contributed by atoms with E-state index in [0.717, 1.165) is 61.2 Å². The average Bonchev–Trinajstić information content (AvgIpc) is 3.29. The standard InChI is InChI=1S/C36H52I3NO2/c1-21(2)7-6-8-22(3)27-12-13-28-25-10-9-23-19-24(15-17-35(23,4)29(25)16-18-36(27,28)5)42-32(41)14-11-26-30(37)20-31(38)34(40)33(26)39/h9,20-22,24-25,27-29H,6-8,10-19,40H2,1-5H3/t22-,24+,25+,27-,28+,29+,35+,36-/m1/s1. The van der Waals surface area contributed by atoms with Gasteiger partial charge in [-0.05, 0) is 177 Å². The molecule has 0 saturated heterocycles. The molecule has 42 heavy (non-hydrogen) atoms. The largest absolute Gasteiger partial charge is 0.462 e. The third-order valence-corrected chi connectivity index (χ3v) is 15.5. The summed E-state index contributed by atoms with van der Waals surface area (Å²) in [6.07, 6.45) is 18.0. The minimum absolute atomic E-state index is 0.0321. The van der Waals surface area contributed by atoms with Gasteiger partial charge in [-0.3, -0.25) is 4.79 Å². The summed E-state index contributed by atoms with van der Waals surface area (Å²) in [6.45, 7) is 12.6. The molecule has 3 fully saturated rings. The van der Waals surface area contributed by atoms with Gasteiger partial charge in [-0.2, -0.15) is 0 Å². The molecular weight excluding hydrogens is 859 g/mol. The van der Waals surface area contributed by atoms with Gasteiger partial charge in [0.1, 0.15) is 6.10 Å². The molecule has 3 nitrogen and oxygen atoms in total. The van der Waals surface area contributed by atoms with Gasteiger partial charge in [0.2, 0.25) is 0 Å². The van der Waals surface area contributed by atoms with Crippen molar-refractivity contribution >= 4 is 79.4 Å². The summed E-state index contributed by atoms with van der Waals surface area (Å²) >= 11 is 6.97. The molecule has 0 amide bonds. The van der Waals surface area contributed by atoms with Crippen LogP contribution in [0.2, 0.25) is 0 Å². The second-order valence-corrected chi connectivity index (χ2v) is 18.6. The van der Waals surface area contributed by atoms with Crippen molar-refractivity contribution in [2.45, 2.75) is 124 Å². The first-order chi connectivity index (χ1) is 19.8. The van der Waals surface area contributed by atoms with E-state index in [1.165, 1.54) is 66.9 Å². The lowest BCUT2D eigenvalue weighted by Gasteiger charge is -2.58. The summed E-state index contributed by atoms with van der Waals surface area (Å²) in [7, 11) is 0. The molecule has 2 N–H and O–H groups in total. The van der Waals surface area contributed by atoms with E-state index < -0.39 is 0 Å². The first-order valence-electron chi connectivity index (χ1n) is 16.7. The molecule has 1 aromatic carbocycles. The number of hydrogen-bond acceptors (Lipinski definition) is 3. The summed E-state index contributed by atoms with van der Waals surface area (Å²) in [5.74, 6) is 5.07. The molecule has 3 saturated carbocycles. The molecule has 0 unspecified atom stereocenters. The Kier molecular flexibility index (Phi) is 11.0. The highest BCUT2D eigenvalue weighted by Gasteiger charge is 2.59. The Hall–Kier alpha value is 0.420. The van der Waals surface area contributed by atoms with E-state index in [0.29, 0.717) is 23.7 Å². The molecule has 4 aliphatic carbocycles. The molecule has 0 aliphatic heterocycles. The fraction of sp³-hybridized carbons (Fsp3) is 0.750. The lowest BCUT2D eigenvalue weighted by Crippen LogP contribution is -2.51. The zero-order valence-corrected chi connectivity index (χ0v) is 32.9. The Labute approximate surface area is 296 Å². The summed E-state index contributed by atoms with van der Waals surface area (Å²) < 4.78 is 9.46. The van der Waals surface area contributed by atoms with Crippen LogP contribution in [0.1, 0.15) is 117 Å². The third kappa shape index (κ3) is 6.62. The van der Waals surface area contributed by atoms with E-state index in [1.54, 1.807) is 5.57 Å². The predicted octanol–water partition coefficient (Wildman–Crippen LogP) is 11.0. The zero-order chi connectivity index (χ0) is 30.4. The molecule has 0 spiro atoms. The van der Waals surface area contributed by atoms with Gasteiger partial charge in [0.05, 0.1) is 5.69 Å². The monoisotopic (exact) mass is 911 g/mol. The van der Waals surface area contributed by atoms with Crippen molar-refractivity contribution in [3.63, 3.8) is 0 Å². The van der Waals surface area contributed by atoms with Crippen molar-refractivity contribution < 1.29 is 9.53 Å². The highest BCUT2D eigenvalue weighted by Crippen LogP contribution is 2.67. The minimum Gasteiger partial charge on any atom is -0.462 e. The van der Waals surface area contributed by atoms with Gasteiger partial charge in [-0.1, -0.05) is 65.5 Å². The molecule has 1 aromatic rings. The molecule has 4 aliphatic rings. The van der Waals surface area contributed by atoms with E-state index in [4.69, 9.17) is 10.5 Å². The maximum atomic E-state index is 13.0. The number of ether oxygens (including phenoxy) is 1. The number of carbonyl (C=O) groups excluding carboxylic acids is 1. The number of benzene rings is 1. The van der Waals surface area contributed by atoms with Crippen LogP contribution in [-0.4, -0.2) is 12.1 Å². The minimum atomic E-state index is -0.0606. The Balaban J connectivity index is 1.19. The Morgan fingerprint density at radius 3 is 2.52 bits per heavy atom. The third-order valence-electron chi connectivity index (χ3n) is 12.4. The van der Waals surface area contributed by atoms with E-state index >= 15 is 0 Å². The predicted molar refractivity (Wildman–Crippen MR) is 200 cm³/mol. The summed E-state index contributed by atoms with van der Waals surface area (Å²) in [6, 6.07) is 2.11. The van der Waals surface area contributed by atoms with Crippen LogP contribution in [-0.2, 0) is 16.0 Å². The van der Waals surface area contributed by atoms with Crippen molar-refractivity contribution in [2.75, 3.05) is 5.73 Å². The molecule has 8 atom stereocenters. The Morgan fingerprint density at radius 2 is 1.79 bits per heavy atom. The van der Waals surface area contributed by atoms with Gasteiger partial charge >= 0.3 is 5.97 Å². The Bertz CT molecular complexity index is 1200. The normalized spacial score (nSPS) is 34.8. The van der Waals surface area contributed by atoms with Crippen molar-refractivity contribution in [1.82, 2.24) is 0 Å². The maximum absolute atomic E-state index is 13.0. The molecule has 0 radical (unpaired) electrons. The lowest BCUT2D eigenvalue weighted by atomic mass is 9.47. The van der Waals surface area contributed by atoms with Crippen LogP contribution >= 0.6 is 67.8 Å². The van der Waals surface area contributed by atoms with Gasteiger partial charge in [0.25, 0.3) is 0 Å². The van der Waals surface area contributed by atoms with E-state index in [-0.39, 0.29) is 12.1 Å². The van der Waals surface area contributed by atoms with E-state index in [2.05, 4.69) is 115 Å². The highest BCUT2D eigenvalue weighted by atomic mass is 127. The van der Waals surface area contributed by atoms with Gasteiger partial charge in [0, 0.05) is 23.6 Å². The number of allylic oxidation sites excluding steroid dienone is 1. The number of halogens is 3. The van der Waals surface area contributed by atoms with Gasteiger partial charge in [-0.25, -0.2) is 0 Å². The second kappa shape index (κ2) is 13.6. The lowest BCUT2D eigenvalue weighted by molar-refractivity contribution is -0.151. The molecule has 6 heteroatoms. The summed E-state index contributed by atoms with van der Waals surface area (Å²) in [5, 5.41) is 0. The summed E-state index contributed by atoms with van der Waals surface area (Å²) in [5.41, 5.74) is 10.7. The van der Waals surface area contributed by atoms with Crippen molar-refractivity contribution in [3.8, 4) is 0 Å². The van der Waals surface area contributed by atoms with E-state index in [9.17, 15) is 4.79 Å². The van der Waals surface area contributed by atoms with Gasteiger partial charge < -0.3 is 10.5 Å².